The Bertz CT molecular complexity index is 1110. The van der Waals surface area contributed by atoms with E-state index in [0.29, 0.717) is 0 Å². The summed E-state index contributed by atoms with van der Waals surface area (Å²) in [7, 11) is 0. The van der Waals surface area contributed by atoms with Crippen molar-refractivity contribution in [1.29, 1.82) is 0 Å². The number of hydrogen-bond donors (Lipinski definition) is 2. The normalized spacial score (nSPS) is 11.1. The van der Waals surface area contributed by atoms with Crippen molar-refractivity contribution in [2.45, 2.75) is 19.9 Å². The highest BCUT2D eigenvalue weighted by atomic mass is 16.3. The summed E-state index contributed by atoms with van der Waals surface area (Å²) >= 11 is 0. The zero-order valence-electron chi connectivity index (χ0n) is 14.6. The smallest absolute Gasteiger partial charge is 0.228 e. The summed E-state index contributed by atoms with van der Waals surface area (Å²) in [5.41, 5.74) is 3.93. The number of fused-ring (bicyclic) bond motifs is 3. The van der Waals surface area contributed by atoms with Crippen molar-refractivity contribution in [2.75, 3.05) is 5.32 Å². The summed E-state index contributed by atoms with van der Waals surface area (Å²) in [6.45, 7) is 3.03. The van der Waals surface area contributed by atoms with E-state index in [1.54, 1.807) is 18.2 Å². The lowest BCUT2D eigenvalue weighted by molar-refractivity contribution is -0.115. The van der Waals surface area contributed by atoms with Gasteiger partial charge in [0.15, 0.2) is 0 Å². The molecule has 4 aromatic rings. The van der Waals surface area contributed by atoms with Crippen LogP contribution in [-0.2, 0) is 17.8 Å². The molecule has 0 aliphatic carbocycles. The van der Waals surface area contributed by atoms with Crippen LogP contribution in [-0.4, -0.2) is 15.6 Å². The minimum atomic E-state index is -0.103. The topological polar surface area (TPSA) is 54.3 Å². The van der Waals surface area contributed by atoms with E-state index in [0.717, 1.165) is 23.2 Å². The largest absolute Gasteiger partial charge is 0.508 e. The number of amides is 1. The molecule has 4 heteroatoms. The van der Waals surface area contributed by atoms with Gasteiger partial charge >= 0.3 is 0 Å². The van der Waals surface area contributed by atoms with Crippen molar-refractivity contribution >= 4 is 33.4 Å². The average Bonchev–Trinajstić information content (AvgIpc) is 2.95. The van der Waals surface area contributed by atoms with Crippen LogP contribution in [0.1, 0.15) is 12.5 Å². The van der Waals surface area contributed by atoms with Gasteiger partial charge in [-0.2, -0.15) is 0 Å². The third kappa shape index (κ3) is 2.90. The van der Waals surface area contributed by atoms with Crippen LogP contribution in [0.5, 0.6) is 5.75 Å². The zero-order valence-corrected chi connectivity index (χ0v) is 14.6. The third-order valence-corrected chi connectivity index (χ3v) is 4.65. The molecule has 0 aliphatic heterocycles. The fourth-order valence-corrected chi connectivity index (χ4v) is 3.53. The maximum absolute atomic E-state index is 12.4. The Labute approximate surface area is 151 Å². The van der Waals surface area contributed by atoms with E-state index in [-0.39, 0.29) is 18.1 Å². The molecule has 0 aliphatic rings. The van der Waals surface area contributed by atoms with Crippen LogP contribution in [0.2, 0.25) is 0 Å². The van der Waals surface area contributed by atoms with Crippen molar-refractivity contribution in [2.24, 2.45) is 0 Å². The average molecular weight is 344 g/mol. The number of phenolic OH excluding ortho intramolecular Hbond substituents is 1. The van der Waals surface area contributed by atoms with Gasteiger partial charge in [-0.25, -0.2) is 0 Å². The molecule has 0 saturated heterocycles. The molecule has 1 heterocycles. The highest BCUT2D eigenvalue weighted by Gasteiger charge is 2.11. The predicted molar refractivity (Wildman–Crippen MR) is 106 cm³/mol. The lowest BCUT2D eigenvalue weighted by Gasteiger charge is -2.07. The molecule has 2 N–H and O–H groups in total. The number of phenols is 1. The summed E-state index contributed by atoms with van der Waals surface area (Å²) < 4.78 is 2.28. The first-order valence-corrected chi connectivity index (χ1v) is 8.74. The van der Waals surface area contributed by atoms with Gasteiger partial charge in [0.25, 0.3) is 0 Å². The zero-order chi connectivity index (χ0) is 18.1. The van der Waals surface area contributed by atoms with Gasteiger partial charge in [0.1, 0.15) is 5.75 Å². The quantitative estimate of drug-likeness (QED) is 0.564. The van der Waals surface area contributed by atoms with Crippen LogP contribution >= 0.6 is 0 Å². The molecule has 26 heavy (non-hydrogen) atoms. The Morgan fingerprint density at radius 1 is 0.962 bits per heavy atom. The first kappa shape index (κ1) is 16.2. The number of para-hydroxylation sites is 1. The first-order valence-electron chi connectivity index (χ1n) is 8.74. The van der Waals surface area contributed by atoms with Crippen LogP contribution < -0.4 is 5.32 Å². The number of aromatic hydroxyl groups is 1. The van der Waals surface area contributed by atoms with Crippen molar-refractivity contribution < 1.29 is 9.90 Å². The van der Waals surface area contributed by atoms with Gasteiger partial charge in [0.2, 0.25) is 5.91 Å². The molecular formula is C22H20N2O2. The molecular weight excluding hydrogens is 324 g/mol. The Kier molecular flexibility index (Phi) is 4.09. The highest BCUT2D eigenvalue weighted by molar-refractivity contribution is 6.09. The van der Waals surface area contributed by atoms with Crippen molar-refractivity contribution in [3.8, 4) is 5.75 Å². The fourth-order valence-electron chi connectivity index (χ4n) is 3.53. The molecule has 0 unspecified atom stereocenters. The number of benzene rings is 3. The lowest BCUT2D eigenvalue weighted by atomic mass is 10.1. The van der Waals surface area contributed by atoms with Gasteiger partial charge in [-0.15, -0.1) is 0 Å². The maximum Gasteiger partial charge on any atom is 0.228 e. The molecule has 4 nitrogen and oxygen atoms in total. The number of anilines is 1. The molecule has 0 bridgehead atoms. The summed E-state index contributed by atoms with van der Waals surface area (Å²) in [5, 5.41) is 14.8. The summed E-state index contributed by atoms with van der Waals surface area (Å²) in [6.07, 6.45) is 0.225. The van der Waals surface area contributed by atoms with Crippen LogP contribution in [0.25, 0.3) is 21.8 Å². The number of carbonyl (C=O) groups is 1. The standard InChI is InChI=1S/C22H20N2O2/c1-2-24-20-9-4-3-8-18(20)19-14-16(10-11-21(19)24)23-22(26)13-15-6-5-7-17(25)12-15/h3-12,14,25H,2,13H2,1H3,(H,23,26). The summed E-state index contributed by atoms with van der Waals surface area (Å²) in [5.74, 6) is 0.0678. The number of aryl methyl sites for hydroxylation is 1. The molecule has 4 rings (SSSR count). The fraction of sp³-hybridized carbons (Fsp3) is 0.136. The second-order valence-electron chi connectivity index (χ2n) is 6.39. The van der Waals surface area contributed by atoms with E-state index in [2.05, 4.69) is 35.0 Å². The molecule has 0 atom stereocenters. The van der Waals surface area contributed by atoms with Crippen LogP contribution in [0.15, 0.2) is 66.7 Å². The van der Waals surface area contributed by atoms with Crippen molar-refractivity contribution in [1.82, 2.24) is 4.57 Å². The van der Waals surface area contributed by atoms with Crippen molar-refractivity contribution in [3.05, 3.63) is 72.3 Å². The minimum Gasteiger partial charge on any atom is -0.508 e. The molecule has 0 spiro atoms. The van der Waals surface area contributed by atoms with Crippen LogP contribution in [0.3, 0.4) is 0 Å². The molecule has 0 saturated carbocycles. The number of hydrogen-bond acceptors (Lipinski definition) is 2. The van der Waals surface area contributed by atoms with E-state index in [4.69, 9.17) is 0 Å². The third-order valence-electron chi connectivity index (χ3n) is 4.65. The summed E-state index contributed by atoms with van der Waals surface area (Å²) in [6, 6.07) is 21.1. The first-order chi connectivity index (χ1) is 12.7. The number of carbonyl (C=O) groups excluding carboxylic acids is 1. The van der Waals surface area contributed by atoms with Crippen molar-refractivity contribution in [3.63, 3.8) is 0 Å². The summed E-state index contributed by atoms with van der Waals surface area (Å²) in [4.78, 5) is 12.4. The van der Waals surface area contributed by atoms with Gasteiger partial charge in [-0.1, -0.05) is 30.3 Å². The molecule has 0 fully saturated rings. The Hall–Kier alpha value is -3.27. The minimum absolute atomic E-state index is 0.103. The lowest BCUT2D eigenvalue weighted by Crippen LogP contribution is -2.14. The van der Waals surface area contributed by atoms with E-state index >= 15 is 0 Å². The van der Waals surface area contributed by atoms with Crippen LogP contribution in [0.4, 0.5) is 5.69 Å². The van der Waals surface area contributed by atoms with Gasteiger partial charge in [-0.3, -0.25) is 4.79 Å². The number of rotatable bonds is 4. The molecule has 1 aromatic heterocycles. The second kappa shape index (κ2) is 6.56. The monoisotopic (exact) mass is 344 g/mol. The van der Waals surface area contributed by atoms with Gasteiger partial charge in [0, 0.05) is 34.0 Å². The van der Waals surface area contributed by atoms with E-state index < -0.39 is 0 Å². The number of aromatic nitrogens is 1. The molecule has 1 amide bonds. The second-order valence-corrected chi connectivity index (χ2v) is 6.39. The van der Waals surface area contributed by atoms with E-state index in [1.807, 2.05) is 30.3 Å². The highest BCUT2D eigenvalue weighted by Crippen LogP contribution is 2.31. The molecule has 3 aromatic carbocycles. The van der Waals surface area contributed by atoms with E-state index in [9.17, 15) is 9.90 Å². The van der Waals surface area contributed by atoms with Crippen LogP contribution in [0, 0.1) is 0 Å². The Morgan fingerprint density at radius 3 is 2.58 bits per heavy atom. The van der Waals surface area contributed by atoms with Gasteiger partial charge < -0.3 is 15.0 Å². The molecule has 130 valence electrons. The SMILES string of the molecule is CCn1c2ccccc2c2cc(NC(=O)Cc3cccc(O)c3)ccc21. The van der Waals surface area contributed by atoms with Gasteiger partial charge in [0.05, 0.1) is 6.42 Å². The molecule has 0 radical (unpaired) electrons. The predicted octanol–water partition coefficient (Wildman–Crippen LogP) is 4.70. The van der Waals surface area contributed by atoms with E-state index in [1.165, 1.54) is 16.4 Å². The Morgan fingerprint density at radius 2 is 1.77 bits per heavy atom. The van der Waals surface area contributed by atoms with Gasteiger partial charge in [-0.05, 0) is 48.9 Å². The number of nitrogens with one attached hydrogen (secondary N) is 1. The maximum atomic E-state index is 12.4. The Balaban J connectivity index is 1.65. The number of nitrogens with zero attached hydrogens (tertiary/aromatic N) is 1.